The molecule has 0 radical (unpaired) electrons. The second-order valence-corrected chi connectivity index (χ2v) is 13.8. The van der Waals surface area contributed by atoms with Crippen molar-refractivity contribution in [3.63, 3.8) is 0 Å². The Bertz CT molecular complexity index is 1690. The Morgan fingerprint density at radius 1 is 0.957 bits per heavy atom. The van der Waals surface area contributed by atoms with Gasteiger partial charge in [-0.3, -0.25) is 4.79 Å². The summed E-state index contributed by atoms with van der Waals surface area (Å²) in [5.41, 5.74) is -3.18. The van der Waals surface area contributed by atoms with E-state index in [1.54, 1.807) is 29.2 Å². The number of hydrogen-bond donors (Lipinski definition) is 1. The molecule has 3 aromatic rings. The number of amides is 1. The normalized spacial score (nSPS) is 16.9. The molecule has 0 aliphatic carbocycles. The largest absolute Gasteiger partial charge is 0.416 e. The minimum Gasteiger partial charge on any atom is -0.394 e. The summed E-state index contributed by atoms with van der Waals surface area (Å²) in [6.07, 6.45) is -7.72. The highest BCUT2D eigenvalue weighted by molar-refractivity contribution is 7.88. The third-order valence-electron chi connectivity index (χ3n) is 8.23. The fraction of sp³-hybridized carbons (Fsp3) is 0.419. The molecule has 0 saturated carbocycles. The van der Waals surface area contributed by atoms with E-state index >= 15 is 0 Å². The molecule has 2 aromatic carbocycles. The van der Waals surface area contributed by atoms with Gasteiger partial charge in [0.1, 0.15) is 5.82 Å². The highest BCUT2D eigenvalue weighted by atomic mass is 32.2. The van der Waals surface area contributed by atoms with E-state index in [0.717, 1.165) is 16.7 Å². The first-order valence-electron chi connectivity index (χ1n) is 14.1. The van der Waals surface area contributed by atoms with E-state index in [-0.39, 0.29) is 38.0 Å². The molecule has 1 aliphatic rings. The van der Waals surface area contributed by atoms with Crippen LogP contribution in [0.25, 0.3) is 11.1 Å². The van der Waals surface area contributed by atoms with Crippen LogP contribution in [-0.2, 0) is 32.6 Å². The molecule has 0 bridgehead atoms. The van der Waals surface area contributed by atoms with Gasteiger partial charge in [0.05, 0.1) is 47.3 Å². The van der Waals surface area contributed by atoms with Crippen LogP contribution < -0.4 is 9.80 Å². The highest BCUT2D eigenvalue weighted by Crippen LogP contribution is 2.41. The Hall–Kier alpha value is -3.69. The summed E-state index contributed by atoms with van der Waals surface area (Å²) < 4.78 is 107. The molecule has 15 heteroatoms. The first-order chi connectivity index (χ1) is 21.2. The van der Waals surface area contributed by atoms with Gasteiger partial charge < -0.3 is 14.9 Å². The van der Waals surface area contributed by atoms with Gasteiger partial charge in [-0.1, -0.05) is 24.3 Å². The number of alkyl halides is 6. The number of aromatic nitrogens is 1. The Morgan fingerprint density at radius 3 is 2.04 bits per heavy atom. The quantitative estimate of drug-likeness (QED) is 0.335. The van der Waals surface area contributed by atoms with Crippen LogP contribution in [0.3, 0.4) is 0 Å². The molecular formula is C31H34F6N4O4S. The second-order valence-electron chi connectivity index (χ2n) is 11.8. The number of sulfonamides is 1. The summed E-state index contributed by atoms with van der Waals surface area (Å²) in [7, 11) is -2.15. The van der Waals surface area contributed by atoms with E-state index < -0.39 is 56.4 Å². The topological polar surface area (TPSA) is 94.1 Å². The van der Waals surface area contributed by atoms with Crippen LogP contribution in [-0.4, -0.2) is 74.3 Å². The van der Waals surface area contributed by atoms with E-state index in [1.807, 2.05) is 13.0 Å². The molecule has 1 N–H and O–H groups in total. The van der Waals surface area contributed by atoms with Crippen molar-refractivity contribution < 1.29 is 44.7 Å². The molecule has 1 unspecified atom stereocenters. The summed E-state index contributed by atoms with van der Waals surface area (Å²) in [6, 6.07) is 9.33. The second kappa shape index (κ2) is 12.5. The molecule has 4 rings (SSSR count). The van der Waals surface area contributed by atoms with Gasteiger partial charge in [-0.25, -0.2) is 13.4 Å². The maximum atomic E-state index is 14.0. The number of aryl methyl sites for hydroxylation is 1. The van der Waals surface area contributed by atoms with E-state index in [4.69, 9.17) is 0 Å². The molecule has 1 fully saturated rings. The molecule has 1 amide bonds. The first kappa shape index (κ1) is 35.2. The maximum Gasteiger partial charge on any atom is 0.416 e. The fourth-order valence-electron chi connectivity index (χ4n) is 5.51. The van der Waals surface area contributed by atoms with E-state index in [1.165, 1.54) is 31.4 Å². The molecule has 2 heterocycles. The number of rotatable bonds is 7. The third kappa shape index (κ3) is 7.15. The van der Waals surface area contributed by atoms with Crippen molar-refractivity contribution in [3.8, 4) is 11.1 Å². The standard InChI is InChI=1S/C31H34F6N4O4S/c1-19-8-6-7-9-24(19)25-15-27(41-11-10-40(46(5,44)45)17-23(41)18-42)38-16-26(25)39(4)28(43)29(2,3)20-12-21(30(32,33)34)14-22(13-20)31(35,36)37/h6-9,12-16,23,42H,10-11,17-18H2,1-5H3. The van der Waals surface area contributed by atoms with Gasteiger partial charge in [0, 0.05) is 32.2 Å². The molecule has 1 aliphatic heterocycles. The summed E-state index contributed by atoms with van der Waals surface area (Å²) in [6.45, 7) is 4.32. The summed E-state index contributed by atoms with van der Waals surface area (Å²) in [5.74, 6) is -0.415. The van der Waals surface area contributed by atoms with Crippen LogP contribution in [0.2, 0.25) is 0 Å². The monoisotopic (exact) mass is 672 g/mol. The number of nitrogens with zero attached hydrogens (tertiary/aromatic N) is 4. The number of carbonyl (C=O) groups is 1. The molecule has 1 aromatic heterocycles. The van der Waals surface area contributed by atoms with Crippen molar-refractivity contribution in [1.82, 2.24) is 9.29 Å². The number of anilines is 2. The molecule has 1 saturated heterocycles. The molecule has 0 spiro atoms. The minimum absolute atomic E-state index is 0.0158. The summed E-state index contributed by atoms with van der Waals surface area (Å²) in [5, 5.41) is 10.1. The highest BCUT2D eigenvalue weighted by Gasteiger charge is 2.41. The maximum absolute atomic E-state index is 14.0. The van der Waals surface area contributed by atoms with E-state index in [2.05, 4.69) is 4.98 Å². The van der Waals surface area contributed by atoms with Crippen molar-refractivity contribution in [2.75, 3.05) is 49.3 Å². The number of aliphatic hydroxyl groups is 1. The molecule has 1 atom stereocenters. The minimum atomic E-state index is -5.09. The number of aliphatic hydroxyl groups excluding tert-OH is 1. The van der Waals surface area contributed by atoms with Gasteiger partial charge in [0.25, 0.3) is 0 Å². The summed E-state index contributed by atoms with van der Waals surface area (Å²) >= 11 is 0. The van der Waals surface area contributed by atoms with Gasteiger partial charge in [-0.2, -0.15) is 30.6 Å². The van der Waals surface area contributed by atoms with E-state index in [0.29, 0.717) is 29.1 Å². The van der Waals surface area contributed by atoms with Crippen LogP contribution >= 0.6 is 0 Å². The lowest BCUT2D eigenvalue weighted by Gasteiger charge is -2.40. The van der Waals surface area contributed by atoms with Gasteiger partial charge >= 0.3 is 12.4 Å². The van der Waals surface area contributed by atoms with Crippen LogP contribution in [0, 0.1) is 6.92 Å². The van der Waals surface area contributed by atoms with Crippen molar-refractivity contribution in [3.05, 3.63) is 77.0 Å². The van der Waals surface area contributed by atoms with Crippen molar-refractivity contribution in [1.29, 1.82) is 0 Å². The molecule has 250 valence electrons. The average molecular weight is 673 g/mol. The SMILES string of the molecule is Cc1ccccc1-c1cc(N2CCN(S(C)(=O)=O)CC2CO)ncc1N(C)C(=O)C(C)(C)c1cc(C(F)(F)F)cc(C(F)(F)F)c1. The van der Waals surface area contributed by atoms with Crippen LogP contribution in [0.4, 0.5) is 37.8 Å². The summed E-state index contributed by atoms with van der Waals surface area (Å²) in [4.78, 5) is 21.4. The predicted octanol–water partition coefficient (Wildman–Crippen LogP) is 5.48. The van der Waals surface area contributed by atoms with Crippen molar-refractivity contribution >= 4 is 27.4 Å². The zero-order chi connectivity index (χ0) is 34.4. The van der Waals surface area contributed by atoms with Gasteiger partial charge in [0.15, 0.2) is 0 Å². The fourth-order valence-corrected chi connectivity index (χ4v) is 6.36. The zero-order valence-corrected chi connectivity index (χ0v) is 26.6. The zero-order valence-electron chi connectivity index (χ0n) is 25.7. The van der Waals surface area contributed by atoms with E-state index in [9.17, 15) is 44.7 Å². The number of carbonyl (C=O) groups excluding carboxylic acids is 1. The van der Waals surface area contributed by atoms with Gasteiger partial charge in [-0.15, -0.1) is 0 Å². The number of likely N-dealkylation sites (N-methyl/N-ethyl adjacent to an activating group) is 1. The number of pyridine rings is 1. The van der Waals surface area contributed by atoms with Crippen molar-refractivity contribution in [2.45, 2.75) is 44.6 Å². The molecular weight excluding hydrogens is 638 g/mol. The predicted molar refractivity (Wildman–Crippen MR) is 162 cm³/mol. The number of halogens is 6. The lowest BCUT2D eigenvalue weighted by Crippen LogP contribution is -2.56. The Labute approximate surface area is 263 Å². The number of hydrogen-bond acceptors (Lipinski definition) is 6. The Balaban J connectivity index is 1.81. The smallest absolute Gasteiger partial charge is 0.394 e. The van der Waals surface area contributed by atoms with Gasteiger partial charge in [0.2, 0.25) is 15.9 Å². The Kier molecular flexibility index (Phi) is 9.55. The van der Waals surface area contributed by atoms with Crippen LogP contribution in [0.15, 0.2) is 54.7 Å². The lowest BCUT2D eigenvalue weighted by molar-refractivity contribution is -0.143. The molecule has 46 heavy (non-hydrogen) atoms. The first-order valence-corrected chi connectivity index (χ1v) is 16.0. The molecule has 8 nitrogen and oxygen atoms in total. The average Bonchev–Trinajstić information content (AvgIpc) is 2.98. The van der Waals surface area contributed by atoms with Crippen molar-refractivity contribution in [2.24, 2.45) is 0 Å². The van der Waals surface area contributed by atoms with Crippen LogP contribution in [0.5, 0.6) is 0 Å². The third-order valence-corrected chi connectivity index (χ3v) is 9.50. The number of piperazine rings is 1. The lowest BCUT2D eigenvalue weighted by atomic mass is 9.81. The number of benzene rings is 2. The van der Waals surface area contributed by atoms with Gasteiger partial charge in [-0.05, 0) is 61.7 Å². The van der Waals surface area contributed by atoms with Crippen LogP contribution in [0.1, 0.15) is 36.1 Å². The Morgan fingerprint density at radius 2 is 1.52 bits per heavy atom.